The normalized spacial score (nSPS) is 11.7. The first-order chi connectivity index (χ1) is 8.15. The van der Waals surface area contributed by atoms with E-state index in [1.807, 2.05) is 12.5 Å². The zero-order valence-electron chi connectivity index (χ0n) is 9.99. The molecule has 1 unspecified atom stereocenters. The van der Waals surface area contributed by atoms with Gasteiger partial charge >= 0.3 is 0 Å². The SMILES string of the molecule is [3H]C#CCC(NC(=O)c1ccccc1)C(C)=O. The van der Waals surface area contributed by atoms with Gasteiger partial charge in [0.25, 0.3) is 5.91 Å². The van der Waals surface area contributed by atoms with Gasteiger partial charge in [0.1, 0.15) is 1.37 Å². The first kappa shape index (κ1) is 10.4. The highest BCUT2D eigenvalue weighted by atomic mass is 16.2. The average molecular weight is 217 g/mol. The lowest BCUT2D eigenvalue weighted by molar-refractivity contribution is -0.118. The van der Waals surface area contributed by atoms with E-state index in [9.17, 15) is 9.59 Å². The van der Waals surface area contributed by atoms with Crippen LogP contribution in [-0.4, -0.2) is 17.7 Å². The maximum atomic E-state index is 11.8. The number of nitrogens with one attached hydrogen (secondary N) is 1. The molecule has 1 aromatic rings. The highest BCUT2D eigenvalue weighted by Crippen LogP contribution is 2.00. The molecule has 0 bridgehead atoms. The van der Waals surface area contributed by atoms with Gasteiger partial charge in [0.15, 0.2) is 5.78 Å². The third-order valence-electron chi connectivity index (χ3n) is 2.14. The number of Topliss-reactive ketones (excluding diaryl/α,β-unsaturated/α-hetero) is 1. The zero-order valence-corrected chi connectivity index (χ0v) is 8.99. The van der Waals surface area contributed by atoms with E-state index >= 15 is 0 Å². The molecule has 0 radical (unpaired) electrons. The number of terminal acetylenes is 1. The maximum absolute atomic E-state index is 11.8. The molecule has 0 aliphatic heterocycles. The van der Waals surface area contributed by atoms with Crippen molar-refractivity contribution in [1.29, 1.82) is 0 Å². The van der Waals surface area contributed by atoms with Crippen LogP contribution in [0.4, 0.5) is 0 Å². The Morgan fingerprint density at radius 3 is 2.75 bits per heavy atom. The summed E-state index contributed by atoms with van der Waals surface area (Å²) in [5.74, 6) is 1.99. The Labute approximate surface area is 96.3 Å². The predicted octanol–water partition coefficient (Wildman–Crippen LogP) is 1.40. The molecule has 1 N–H and O–H groups in total. The van der Waals surface area contributed by atoms with Gasteiger partial charge in [-0.2, -0.15) is 0 Å². The fraction of sp³-hybridized carbons (Fsp3) is 0.231. The average Bonchev–Trinajstić information content (AvgIpc) is 2.35. The Morgan fingerprint density at radius 1 is 1.50 bits per heavy atom. The third-order valence-corrected chi connectivity index (χ3v) is 2.14. The number of rotatable bonds is 4. The van der Waals surface area contributed by atoms with E-state index in [-0.39, 0.29) is 18.1 Å². The summed E-state index contributed by atoms with van der Waals surface area (Å²) in [4.78, 5) is 23.0. The molecule has 1 rings (SSSR count). The first-order valence-corrected chi connectivity index (χ1v) is 4.91. The number of hydrogen-bond donors (Lipinski definition) is 1. The summed E-state index contributed by atoms with van der Waals surface area (Å²) in [5, 5.41) is 2.59. The molecule has 0 aromatic heterocycles. The van der Waals surface area contributed by atoms with Crippen molar-refractivity contribution in [2.24, 2.45) is 0 Å². The molecular weight excluding hydrogens is 202 g/mol. The molecular formula is C13H13NO2. The van der Waals surface area contributed by atoms with Crippen LogP contribution < -0.4 is 5.32 Å². The number of benzene rings is 1. The Bertz CT molecular complexity index is 459. The Morgan fingerprint density at radius 2 is 2.19 bits per heavy atom. The molecule has 0 saturated carbocycles. The van der Waals surface area contributed by atoms with Crippen molar-refractivity contribution in [1.82, 2.24) is 5.32 Å². The molecule has 0 aliphatic rings. The standard InChI is InChI=1S/C13H13NO2/c1-3-7-12(10(2)15)14-13(16)11-8-5-4-6-9-11/h1,4-6,8-9,12H,7H2,2H3,(H,14,16)/i1T. The second-order valence-electron chi connectivity index (χ2n) is 3.38. The third kappa shape index (κ3) is 3.25. The quantitative estimate of drug-likeness (QED) is 0.775. The van der Waals surface area contributed by atoms with Crippen molar-refractivity contribution >= 4 is 11.7 Å². The van der Waals surface area contributed by atoms with E-state index in [2.05, 4.69) is 11.2 Å². The minimum atomic E-state index is -0.652. The van der Waals surface area contributed by atoms with Crippen LogP contribution in [-0.2, 0) is 4.79 Å². The van der Waals surface area contributed by atoms with E-state index in [4.69, 9.17) is 1.37 Å². The molecule has 0 aliphatic carbocycles. The summed E-state index contributed by atoms with van der Waals surface area (Å²) in [6.45, 7) is 1.39. The fourth-order valence-corrected chi connectivity index (χ4v) is 1.23. The minimum absolute atomic E-state index is 0.164. The maximum Gasteiger partial charge on any atom is 0.251 e. The highest BCUT2D eigenvalue weighted by molar-refractivity contribution is 5.97. The topological polar surface area (TPSA) is 46.2 Å². The molecule has 0 heterocycles. The second kappa shape index (κ2) is 5.72. The number of carbonyl (C=O) groups excluding carboxylic acids is 2. The van der Waals surface area contributed by atoms with Crippen LogP contribution in [0.5, 0.6) is 0 Å². The summed E-state index contributed by atoms with van der Waals surface area (Å²) < 4.78 is 6.70. The van der Waals surface area contributed by atoms with E-state index in [1.54, 1.807) is 24.3 Å². The monoisotopic (exact) mass is 217 g/mol. The van der Waals surface area contributed by atoms with Gasteiger partial charge in [0, 0.05) is 12.0 Å². The zero-order chi connectivity index (χ0) is 12.7. The van der Waals surface area contributed by atoms with Crippen LogP contribution in [0.25, 0.3) is 0 Å². The minimum Gasteiger partial charge on any atom is -0.341 e. The molecule has 1 amide bonds. The molecule has 16 heavy (non-hydrogen) atoms. The van der Waals surface area contributed by atoms with Gasteiger partial charge in [-0.1, -0.05) is 18.2 Å². The van der Waals surface area contributed by atoms with E-state index in [0.717, 1.165) is 0 Å². The van der Waals surface area contributed by atoms with Crippen LogP contribution in [0, 0.1) is 12.3 Å². The Kier molecular flexibility index (Phi) is 3.73. The van der Waals surface area contributed by atoms with Gasteiger partial charge in [-0.3, -0.25) is 9.59 Å². The lowest BCUT2D eigenvalue weighted by Crippen LogP contribution is -2.39. The van der Waals surface area contributed by atoms with Gasteiger partial charge in [0.05, 0.1) is 6.04 Å². The van der Waals surface area contributed by atoms with E-state index in [0.29, 0.717) is 5.56 Å². The van der Waals surface area contributed by atoms with Crippen LogP contribution in [0.3, 0.4) is 0 Å². The van der Waals surface area contributed by atoms with E-state index in [1.165, 1.54) is 6.92 Å². The largest absolute Gasteiger partial charge is 0.341 e. The van der Waals surface area contributed by atoms with Crippen molar-refractivity contribution in [3.8, 4) is 12.3 Å². The fourth-order valence-electron chi connectivity index (χ4n) is 1.23. The molecule has 3 heteroatoms. The molecule has 1 atom stereocenters. The van der Waals surface area contributed by atoms with Crippen LogP contribution in [0.2, 0.25) is 0 Å². The lowest BCUT2D eigenvalue weighted by atomic mass is 10.1. The molecule has 0 saturated heterocycles. The molecule has 1 aromatic carbocycles. The number of amides is 1. The van der Waals surface area contributed by atoms with Crippen LogP contribution >= 0.6 is 0 Å². The van der Waals surface area contributed by atoms with Crippen LogP contribution in [0.1, 0.15) is 25.1 Å². The van der Waals surface area contributed by atoms with Crippen molar-refractivity contribution in [3.05, 3.63) is 35.9 Å². The van der Waals surface area contributed by atoms with Gasteiger partial charge in [0.2, 0.25) is 0 Å². The van der Waals surface area contributed by atoms with Gasteiger partial charge < -0.3 is 5.32 Å². The number of carbonyl (C=O) groups is 2. The number of ketones is 1. The molecule has 82 valence electrons. The van der Waals surface area contributed by atoms with Crippen molar-refractivity contribution < 1.29 is 11.0 Å². The van der Waals surface area contributed by atoms with Crippen molar-refractivity contribution in [2.45, 2.75) is 19.4 Å². The summed E-state index contributed by atoms with van der Waals surface area (Å²) in [6, 6.07) is 8.00. The van der Waals surface area contributed by atoms with Crippen molar-refractivity contribution in [3.63, 3.8) is 0 Å². The summed E-state index contributed by atoms with van der Waals surface area (Å²) in [5.41, 5.74) is 0.498. The first-order valence-electron chi connectivity index (χ1n) is 5.41. The summed E-state index contributed by atoms with van der Waals surface area (Å²) >= 11 is 0. The van der Waals surface area contributed by atoms with Gasteiger partial charge in [-0.15, -0.1) is 12.3 Å². The smallest absolute Gasteiger partial charge is 0.251 e. The molecule has 0 spiro atoms. The Balaban J connectivity index is 2.70. The lowest BCUT2D eigenvalue weighted by Gasteiger charge is -2.12. The van der Waals surface area contributed by atoms with E-state index < -0.39 is 6.04 Å². The van der Waals surface area contributed by atoms with Gasteiger partial charge in [-0.05, 0) is 19.1 Å². The summed E-state index contributed by atoms with van der Waals surface area (Å²) in [7, 11) is 0. The molecule has 0 fully saturated rings. The van der Waals surface area contributed by atoms with Crippen molar-refractivity contribution in [2.75, 3.05) is 0 Å². The Hall–Kier alpha value is -2.08. The van der Waals surface area contributed by atoms with Crippen LogP contribution in [0.15, 0.2) is 30.3 Å². The second-order valence-corrected chi connectivity index (χ2v) is 3.38. The molecule has 3 nitrogen and oxygen atoms in total. The summed E-state index contributed by atoms with van der Waals surface area (Å²) in [6.07, 6.45) is 2.13. The highest BCUT2D eigenvalue weighted by Gasteiger charge is 2.16. The number of hydrogen-bond acceptors (Lipinski definition) is 2. The predicted molar refractivity (Wildman–Crippen MR) is 61.8 cm³/mol. The van der Waals surface area contributed by atoms with Gasteiger partial charge in [-0.25, -0.2) is 0 Å².